The number of carbonyl (C=O) groups is 1. The molecular formula is C16H17NO4. The van der Waals surface area contributed by atoms with Gasteiger partial charge >= 0.3 is 0 Å². The second-order valence-electron chi connectivity index (χ2n) is 4.68. The Morgan fingerprint density at radius 2 is 1.90 bits per heavy atom. The van der Waals surface area contributed by atoms with Crippen molar-refractivity contribution in [2.24, 2.45) is 0 Å². The van der Waals surface area contributed by atoms with Crippen molar-refractivity contribution in [2.75, 3.05) is 11.9 Å². The van der Waals surface area contributed by atoms with Crippen LogP contribution in [0.15, 0.2) is 42.5 Å². The molecule has 5 nitrogen and oxygen atoms in total. The van der Waals surface area contributed by atoms with E-state index in [1.807, 2.05) is 18.2 Å². The van der Waals surface area contributed by atoms with Crippen LogP contribution in [0.25, 0.3) is 0 Å². The average Bonchev–Trinajstić information content (AvgIpc) is 2.48. The van der Waals surface area contributed by atoms with Crippen molar-refractivity contribution in [3.05, 3.63) is 53.6 Å². The highest BCUT2D eigenvalue weighted by molar-refractivity contribution is 6.06. The molecule has 2 rings (SSSR count). The van der Waals surface area contributed by atoms with Crippen molar-refractivity contribution >= 4 is 11.6 Å². The lowest BCUT2D eigenvalue weighted by atomic mass is 10.1. The lowest BCUT2D eigenvalue weighted by Crippen LogP contribution is -2.12. The van der Waals surface area contributed by atoms with Crippen molar-refractivity contribution in [3.63, 3.8) is 0 Å². The first-order valence-corrected chi connectivity index (χ1v) is 6.63. The molecule has 0 aliphatic rings. The van der Waals surface area contributed by atoms with Crippen LogP contribution in [0.1, 0.15) is 22.3 Å². The van der Waals surface area contributed by atoms with E-state index in [9.17, 15) is 15.0 Å². The Morgan fingerprint density at radius 3 is 2.67 bits per heavy atom. The maximum Gasteiger partial charge on any atom is 0.259 e. The van der Waals surface area contributed by atoms with Crippen LogP contribution in [0.5, 0.6) is 11.5 Å². The highest BCUT2D eigenvalue weighted by Crippen LogP contribution is 2.23. The molecule has 2 aromatic rings. The first-order chi connectivity index (χ1) is 10.1. The Balaban J connectivity index is 2.14. The molecule has 0 radical (unpaired) electrons. The number of carbonyl (C=O) groups excluding carboxylic acids is 1. The molecule has 5 heteroatoms. The number of aryl methyl sites for hydroxylation is 1. The molecule has 0 spiro atoms. The van der Waals surface area contributed by atoms with Gasteiger partial charge in [0.15, 0.2) is 0 Å². The maximum atomic E-state index is 12.1. The van der Waals surface area contributed by atoms with Crippen LogP contribution >= 0.6 is 0 Å². The van der Waals surface area contributed by atoms with Crippen LogP contribution in [0.2, 0.25) is 0 Å². The van der Waals surface area contributed by atoms with Gasteiger partial charge in [-0.2, -0.15) is 0 Å². The van der Waals surface area contributed by atoms with E-state index in [0.29, 0.717) is 12.1 Å². The third-order valence-corrected chi connectivity index (χ3v) is 3.03. The van der Waals surface area contributed by atoms with Crippen molar-refractivity contribution in [1.29, 1.82) is 0 Å². The molecular weight excluding hydrogens is 270 g/mol. The summed E-state index contributed by atoms with van der Waals surface area (Å²) in [4.78, 5) is 12.1. The van der Waals surface area contributed by atoms with Crippen LogP contribution < -0.4 is 5.32 Å². The predicted octanol–water partition coefficient (Wildman–Crippen LogP) is 2.28. The van der Waals surface area contributed by atoms with E-state index in [-0.39, 0.29) is 23.7 Å². The molecule has 0 unspecified atom stereocenters. The van der Waals surface area contributed by atoms with Gasteiger partial charge in [0.2, 0.25) is 0 Å². The van der Waals surface area contributed by atoms with Gasteiger partial charge in [0.05, 0.1) is 5.56 Å². The lowest BCUT2D eigenvalue weighted by molar-refractivity contribution is 0.102. The summed E-state index contributed by atoms with van der Waals surface area (Å²) in [6, 6.07) is 11.1. The number of aliphatic hydroxyl groups is 1. The summed E-state index contributed by atoms with van der Waals surface area (Å²) < 4.78 is 0. The van der Waals surface area contributed by atoms with Gasteiger partial charge in [0.1, 0.15) is 11.5 Å². The molecule has 0 saturated carbocycles. The zero-order chi connectivity index (χ0) is 15.2. The fraction of sp³-hybridized carbons (Fsp3) is 0.188. The van der Waals surface area contributed by atoms with Gasteiger partial charge in [-0.15, -0.1) is 0 Å². The second kappa shape index (κ2) is 6.76. The number of hydrogen-bond acceptors (Lipinski definition) is 4. The van der Waals surface area contributed by atoms with Gasteiger partial charge in [-0.1, -0.05) is 12.1 Å². The van der Waals surface area contributed by atoms with E-state index in [4.69, 9.17) is 5.11 Å². The topological polar surface area (TPSA) is 89.8 Å². The number of amides is 1. The normalized spacial score (nSPS) is 10.3. The highest BCUT2D eigenvalue weighted by atomic mass is 16.3. The zero-order valence-electron chi connectivity index (χ0n) is 11.4. The van der Waals surface area contributed by atoms with Gasteiger partial charge < -0.3 is 20.6 Å². The first-order valence-electron chi connectivity index (χ1n) is 6.63. The van der Waals surface area contributed by atoms with Crippen molar-refractivity contribution in [3.8, 4) is 11.5 Å². The van der Waals surface area contributed by atoms with Gasteiger partial charge in [0, 0.05) is 12.3 Å². The largest absolute Gasteiger partial charge is 0.508 e. The van der Waals surface area contributed by atoms with E-state index in [1.165, 1.54) is 18.2 Å². The minimum Gasteiger partial charge on any atom is -0.508 e. The highest BCUT2D eigenvalue weighted by Gasteiger charge is 2.12. The third kappa shape index (κ3) is 3.97. The first kappa shape index (κ1) is 14.9. The van der Waals surface area contributed by atoms with E-state index < -0.39 is 5.91 Å². The number of rotatable bonds is 5. The Labute approximate surface area is 122 Å². The number of nitrogens with one attached hydrogen (secondary N) is 1. The van der Waals surface area contributed by atoms with Crippen molar-refractivity contribution in [2.45, 2.75) is 12.8 Å². The van der Waals surface area contributed by atoms with Crippen molar-refractivity contribution in [1.82, 2.24) is 0 Å². The number of hydrogen-bond donors (Lipinski definition) is 4. The summed E-state index contributed by atoms with van der Waals surface area (Å²) in [5, 5.41) is 30.5. The van der Waals surface area contributed by atoms with E-state index in [1.54, 1.807) is 6.07 Å². The SMILES string of the molecule is O=C(Nc1cccc(CCCO)c1)c1cc(O)ccc1O. The summed E-state index contributed by atoms with van der Waals surface area (Å²) in [6.07, 6.45) is 1.38. The number of anilines is 1. The van der Waals surface area contributed by atoms with E-state index in [0.717, 1.165) is 12.0 Å². The van der Waals surface area contributed by atoms with Crippen molar-refractivity contribution < 1.29 is 20.1 Å². The molecule has 2 aromatic carbocycles. The van der Waals surface area contributed by atoms with Crippen LogP contribution in [0, 0.1) is 0 Å². The smallest absolute Gasteiger partial charge is 0.259 e. The Morgan fingerprint density at radius 1 is 1.10 bits per heavy atom. The van der Waals surface area contributed by atoms with E-state index in [2.05, 4.69) is 5.32 Å². The van der Waals surface area contributed by atoms with Crippen LogP contribution in [0.4, 0.5) is 5.69 Å². The number of aromatic hydroxyl groups is 2. The molecule has 0 aliphatic heterocycles. The molecule has 4 N–H and O–H groups in total. The molecule has 0 bridgehead atoms. The molecule has 0 aromatic heterocycles. The standard InChI is InChI=1S/C16H17NO4/c18-8-2-4-11-3-1-5-12(9-11)17-16(21)14-10-13(19)6-7-15(14)20/h1,3,5-7,9-10,18-20H,2,4,8H2,(H,17,21). The van der Waals surface area contributed by atoms with E-state index >= 15 is 0 Å². The second-order valence-corrected chi connectivity index (χ2v) is 4.68. The van der Waals surface area contributed by atoms with Gasteiger partial charge in [-0.05, 0) is 48.7 Å². The van der Waals surface area contributed by atoms with Gasteiger partial charge in [-0.25, -0.2) is 0 Å². The third-order valence-electron chi connectivity index (χ3n) is 3.03. The molecule has 1 amide bonds. The Bertz CT molecular complexity index is 640. The summed E-state index contributed by atoms with van der Waals surface area (Å²) in [5.41, 5.74) is 1.61. The predicted molar refractivity (Wildman–Crippen MR) is 79.6 cm³/mol. The zero-order valence-corrected chi connectivity index (χ0v) is 11.4. The number of phenolic OH excluding ortho intramolecular Hbond substituents is 2. The quantitative estimate of drug-likeness (QED) is 0.635. The fourth-order valence-corrected chi connectivity index (χ4v) is 1.99. The van der Waals surface area contributed by atoms with Crippen LogP contribution in [0.3, 0.4) is 0 Å². The number of phenols is 2. The summed E-state index contributed by atoms with van der Waals surface area (Å²) in [6.45, 7) is 0.119. The van der Waals surface area contributed by atoms with Gasteiger partial charge in [0.25, 0.3) is 5.91 Å². The van der Waals surface area contributed by atoms with Gasteiger partial charge in [-0.3, -0.25) is 4.79 Å². The monoisotopic (exact) mass is 287 g/mol. The average molecular weight is 287 g/mol. The Kier molecular flexibility index (Phi) is 4.79. The molecule has 21 heavy (non-hydrogen) atoms. The molecule has 0 aliphatic carbocycles. The Hall–Kier alpha value is -2.53. The minimum atomic E-state index is -0.497. The summed E-state index contributed by atoms with van der Waals surface area (Å²) >= 11 is 0. The number of aliphatic hydroxyl groups excluding tert-OH is 1. The summed E-state index contributed by atoms with van der Waals surface area (Å²) in [7, 11) is 0. The minimum absolute atomic E-state index is 0.00996. The molecule has 0 atom stereocenters. The van der Waals surface area contributed by atoms with Crippen LogP contribution in [-0.4, -0.2) is 27.8 Å². The summed E-state index contributed by atoms with van der Waals surface area (Å²) in [5.74, 6) is -0.779. The molecule has 0 heterocycles. The maximum absolute atomic E-state index is 12.1. The lowest BCUT2D eigenvalue weighted by Gasteiger charge is -2.09. The van der Waals surface area contributed by atoms with Crippen LogP contribution in [-0.2, 0) is 6.42 Å². The fourth-order valence-electron chi connectivity index (χ4n) is 1.99. The number of benzene rings is 2. The molecule has 110 valence electrons. The molecule has 0 fully saturated rings. The molecule has 0 saturated heterocycles.